The van der Waals surface area contributed by atoms with Gasteiger partial charge in [0.05, 0.1) is 24.6 Å². The Labute approximate surface area is 102 Å². The molecule has 0 aromatic carbocycles. The van der Waals surface area contributed by atoms with Crippen LogP contribution in [0.25, 0.3) is 0 Å². The van der Waals surface area contributed by atoms with Crippen molar-refractivity contribution in [2.45, 2.75) is 57.8 Å². The van der Waals surface area contributed by atoms with Crippen LogP contribution in [0.15, 0.2) is 0 Å². The summed E-state index contributed by atoms with van der Waals surface area (Å²) < 4.78 is 5.28. The summed E-state index contributed by atoms with van der Waals surface area (Å²) in [6.45, 7) is 5.87. The average Bonchev–Trinajstić information content (AvgIpc) is 2.15. The molecule has 1 heterocycles. The molecule has 2 atom stereocenters. The average molecular weight is 240 g/mol. The molecule has 0 aliphatic carbocycles. The van der Waals surface area contributed by atoms with Crippen LogP contribution in [0.3, 0.4) is 0 Å². The molecule has 1 aliphatic rings. The van der Waals surface area contributed by atoms with Crippen LogP contribution in [0.5, 0.6) is 0 Å². The number of carbonyl (C=O) groups excluding carboxylic acids is 1. The van der Waals surface area contributed by atoms with Crippen molar-refractivity contribution in [3.05, 3.63) is 0 Å². The normalized spacial score (nSPS) is 25.2. The molecule has 17 heavy (non-hydrogen) atoms. The van der Waals surface area contributed by atoms with Gasteiger partial charge in [-0.3, -0.25) is 0 Å². The molecule has 96 valence electrons. The highest BCUT2D eigenvalue weighted by Crippen LogP contribution is 2.22. The number of aliphatic hydroxyl groups is 1. The Morgan fingerprint density at radius 1 is 1.59 bits per heavy atom. The zero-order valence-corrected chi connectivity index (χ0v) is 10.6. The van der Waals surface area contributed by atoms with E-state index in [9.17, 15) is 9.90 Å². The first kappa shape index (κ1) is 13.8. The second kappa shape index (κ2) is 5.37. The lowest BCUT2D eigenvalue weighted by Gasteiger charge is -2.37. The summed E-state index contributed by atoms with van der Waals surface area (Å²) in [4.78, 5) is 13.5. The Kier molecular flexibility index (Phi) is 4.35. The minimum atomic E-state index is -0.537. The van der Waals surface area contributed by atoms with Gasteiger partial charge in [0.25, 0.3) is 0 Å². The number of carbonyl (C=O) groups is 1. The van der Waals surface area contributed by atoms with Crippen LogP contribution in [0, 0.1) is 11.3 Å². The molecule has 0 unspecified atom stereocenters. The van der Waals surface area contributed by atoms with Crippen LogP contribution in [-0.4, -0.2) is 40.4 Å². The molecule has 5 heteroatoms. The zero-order chi connectivity index (χ0) is 13.1. The SMILES string of the molecule is CC(C)(C)OC(=O)N1CC[C@H](O)C[C@H]1CC#N. The monoisotopic (exact) mass is 240 g/mol. The fourth-order valence-electron chi connectivity index (χ4n) is 1.89. The highest BCUT2D eigenvalue weighted by Gasteiger charge is 2.33. The highest BCUT2D eigenvalue weighted by molar-refractivity contribution is 5.68. The minimum absolute atomic E-state index is 0.232. The molecule has 0 radical (unpaired) electrons. The second-order valence-corrected chi connectivity index (χ2v) is 5.37. The number of nitrogens with zero attached hydrogens (tertiary/aromatic N) is 2. The van der Waals surface area contributed by atoms with E-state index in [-0.39, 0.29) is 12.5 Å². The van der Waals surface area contributed by atoms with Crippen molar-refractivity contribution in [2.24, 2.45) is 0 Å². The number of aliphatic hydroxyl groups excluding tert-OH is 1. The van der Waals surface area contributed by atoms with Gasteiger partial charge in [-0.2, -0.15) is 5.26 Å². The van der Waals surface area contributed by atoms with E-state index in [0.717, 1.165) is 0 Å². The molecule has 0 aromatic rings. The Morgan fingerprint density at radius 3 is 2.76 bits per heavy atom. The maximum Gasteiger partial charge on any atom is 0.410 e. The lowest BCUT2D eigenvalue weighted by Crippen LogP contribution is -2.49. The van der Waals surface area contributed by atoms with Crippen LogP contribution in [0.1, 0.15) is 40.0 Å². The lowest BCUT2D eigenvalue weighted by atomic mass is 9.98. The third-order valence-electron chi connectivity index (χ3n) is 2.64. The Balaban J connectivity index is 2.66. The summed E-state index contributed by atoms with van der Waals surface area (Å²) in [5.74, 6) is 0. The Bertz CT molecular complexity index is 317. The predicted octanol–water partition coefficient (Wildman–Crippen LogP) is 1.66. The molecular formula is C12H20N2O3. The first-order valence-corrected chi connectivity index (χ1v) is 5.88. The van der Waals surface area contributed by atoms with E-state index >= 15 is 0 Å². The Morgan fingerprint density at radius 2 is 2.24 bits per heavy atom. The van der Waals surface area contributed by atoms with E-state index in [4.69, 9.17) is 10.00 Å². The van der Waals surface area contributed by atoms with Crippen molar-refractivity contribution < 1.29 is 14.6 Å². The minimum Gasteiger partial charge on any atom is -0.444 e. The van der Waals surface area contributed by atoms with Gasteiger partial charge in [0.15, 0.2) is 0 Å². The fourth-order valence-corrected chi connectivity index (χ4v) is 1.89. The van der Waals surface area contributed by atoms with Gasteiger partial charge < -0.3 is 14.7 Å². The fraction of sp³-hybridized carbons (Fsp3) is 0.833. The summed E-state index contributed by atoms with van der Waals surface area (Å²) in [5.41, 5.74) is -0.537. The van der Waals surface area contributed by atoms with E-state index < -0.39 is 17.8 Å². The van der Waals surface area contributed by atoms with Crippen molar-refractivity contribution in [3.63, 3.8) is 0 Å². The van der Waals surface area contributed by atoms with Gasteiger partial charge >= 0.3 is 6.09 Å². The van der Waals surface area contributed by atoms with Crippen LogP contribution < -0.4 is 0 Å². The molecule has 1 fully saturated rings. The van der Waals surface area contributed by atoms with Crippen molar-refractivity contribution in [1.29, 1.82) is 5.26 Å². The number of hydrogen-bond acceptors (Lipinski definition) is 4. The molecule has 0 saturated carbocycles. The summed E-state index contributed by atoms with van der Waals surface area (Å²) >= 11 is 0. The van der Waals surface area contributed by atoms with Crippen LogP contribution in [0.4, 0.5) is 4.79 Å². The second-order valence-electron chi connectivity index (χ2n) is 5.37. The van der Waals surface area contributed by atoms with E-state index in [1.165, 1.54) is 0 Å². The molecule has 0 bridgehead atoms. The summed E-state index contributed by atoms with van der Waals surface area (Å²) in [7, 11) is 0. The van der Waals surface area contributed by atoms with Gasteiger partial charge in [0.2, 0.25) is 0 Å². The first-order valence-electron chi connectivity index (χ1n) is 5.88. The lowest BCUT2D eigenvalue weighted by molar-refractivity contribution is -0.00695. The number of likely N-dealkylation sites (tertiary alicyclic amines) is 1. The smallest absolute Gasteiger partial charge is 0.410 e. The number of nitriles is 1. The summed E-state index contributed by atoms with van der Waals surface area (Å²) in [6, 6.07) is 1.81. The zero-order valence-electron chi connectivity index (χ0n) is 10.6. The number of amides is 1. The van der Waals surface area contributed by atoms with Crippen LogP contribution >= 0.6 is 0 Å². The van der Waals surface area contributed by atoms with Crippen LogP contribution in [-0.2, 0) is 4.74 Å². The summed E-state index contributed by atoms with van der Waals surface area (Å²) in [6.07, 6.45) is 0.404. The molecule has 1 saturated heterocycles. The largest absolute Gasteiger partial charge is 0.444 e. The predicted molar refractivity (Wildman–Crippen MR) is 62.2 cm³/mol. The first-order chi connectivity index (χ1) is 7.83. The third-order valence-corrected chi connectivity index (χ3v) is 2.64. The van der Waals surface area contributed by atoms with Crippen molar-refractivity contribution >= 4 is 6.09 Å². The van der Waals surface area contributed by atoms with Crippen LogP contribution in [0.2, 0.25) is 0 Å². The maximum absolute atomic E-state index is 11.9. The van der Waals surface area contributed by atoms with Crippen molar-refractivity contribution in [1.82, 2.24) is 4.90 Å². The van der Waals surface area contributed by atoms with Gasteiger partial charge in [0, 0.05) is 6.54 Å². The van der Waals surface area contributed by atoms with Gasteiger partial charge in [-0.1, -0.05) is 0 Å². The molecular weight excluding hydrogens is 220 g/mol. The van der Waals surface area contributed by atoms with E-state index in [0.29, 0.717) is 19.4 Å². The van der Waals surface area contributed by atoms with Gasteiger partial charge in [-0.05, 0) is 33.6 Å². The van der Waals surface area contributed by atoms with E-state index in [2.05, 4.69) is 0 Å². The van der Waals surface area contributed by atoms with Gasteiger partial charge in [-0.25, -0.2) is 4.79 Å². The highest BCUT2D eigenvalue weighted by atomic mass is 16.6. The number of piperidine rings is 1. The molecule has 0 aromatic heterocycles. The quantitative estimate of drug-likeness (QED) is 0.756. The van der Waals surface area contributed by atoms with Gasteiger partial charge in [-0.15, -0.1) is 0 Å². The Hall–Kier alpha value is -1.28. The third kappa shape index (κ3) is 4.23. The maximum atomic E-state index is 11.9. The molecule has 5 nitrogen and oxygen atoms in total. The van der Waals surface area contributed by atoms with Crippen molar-refractivity contribution in [2.75, 3.05) is 6.54 Å². The van der Waals surface area contributed by atoms with Gasteiger partial charge in [0.1, 0.15) is 5.60 Å². The topological polar surface area (TPSA) is 73.6 Å². The van der Waals surface area contributed by atoms with Crippen molar-refractivity contribution in [3.8, 4) is 6.07 Å². The number of rotatable bonds is 1. The number of hydrogen-bond donors (Lipinski definition) is 1. The standard InChI is InChI=1S/C12H20N2O3/c1-12(2,3)17-11(16)14-7-5-10(15)8-9(14)4-6-13/h9-10,15H,4-5,7-8H2,1-3H3/t9-,10+/m1/s1. The molecule has 1 N–H and O–H groups in total. The molecule has 1 amide bonds. The molecule has 0 spiro atoms. The number of ether oxygens (including phenoxy) is 1. The summed E-state index contributed by atoms with van der Waals surface area (Å²) in [5, 5.41) is 18.3. The van der Waals surface area contributed by atoms with E-state index in [1.54, 1.807) is 4.90 Å². The molecule has 1 aliphatic heterocycles. The molecule has 1 rings (SSSR count). The van der Waals surface area contributed by atoms with E-state index in [1.807, 2.05) is 26.8 Å².